The summed E-state index contributed by atoms with van der Waals surface area (Å²) in [6.07, 6.45) is 0.747. The molecule has 1 atom stereocenters. The average Bonchev–Trinajstić information content (AvgIpc) is 2.59. The predicted molar refractivity (Wildman–Crippen MR) is 95.0 cm³/mol. The van der Waals surface area contributed by atoms with Crippen molar-refractivity contribution in [1.82, 2.24) is 15.1 Å². The van der Waals surface area contributed by atoms with Gasteiger partial charge in [0.05, 0.1) is 19.2 Å². The minimum absolute atomic E-state index is 0.119. The van der Waals surface area contributed by atoms with E-state index < -0.39 is 0 Å². The number of carbonyl (C=O) groups is 1. The van der Waals surface area contributed by atoms with Gasteiger partial charge >= 0.3 is 0 Å². The average molecular weight is 394 g/mol. The Kier molecular flexibility index (Phi) is 6.69. The van der Waals surface area contributed by atoms with Crippen LogP contribution in [-0.4, -0.2) is 29.4 Å². The minimum Gasteiger partial charge on any atom is -0.383 e. The maximum Gasteiger partial charge on any atom is 0.272 e. The minimum atomic E-state index is -0.309. The summed E-state index contributed by atoms with van der Waals surface area (Å²) in [6, 6.07) is 10.5. The molecule has 1 heterocycles. The van der Waals surface area contributed by atoms with Gasteiger partial charge in [-0.25, -0.2) is 4.68 Å². The number of amides is 1. The number of rotatable bonds is 7. The van der Waals surface area contributed by atoms with Gasteiger partial charge in [0.25, 0.3) is 11.5 Å². The SMILES string of the molecule is CCC(NC(=O)c1ccc(=O)n(CCOC)n1)c1ccc(Br)cc1. The van der Waals surface area contributed by atoms with Crippen molar-refractivity contribution in [3.63, 3.8) is 0 Å². The highest BCUT2D eigenvalue weighted by atomic mass is 79.9. The summed E-state index contributed by atoms with van der Waals surface area (Å²) in [6.45, 7) is 2.66. The highest BCUT2D eigenvalue weighted by molar-refractivity contribution is 9.10. The molecule has 2 aromatic rings. The Hall–Kier alpha value is -1.99. The van der Waals surface area contributed by atoms with E-state index >= 15 is 0 Å². The molecule has 128 valence electrons. The van der Waals surface area contributed by atoms with E-state index in [1.54, 1.807) is 7.11 Å². The molecule has 1 aromatic carbocycles. The van der Waals surface area contributed by atoms with Crippen molar-refractivity contribution in [2.45, 2.75) is 25.9 Å². The molecule has 0 spiro atoms. The maximum atomic E-state index is 12.5. The Morgan fingerprint density at radius 2 is 2.00 bits per heavy atom. The number of benzene rings is 1. The molecule has 1 aromatic heterocycles. The zero-order chi connectivity index (χ0) is 17.5. The molecular weight excluding hydrogens is 374 g/mol. The monoisotopic (exact) mass is 393 g/mol. The molecule has 0 fully saturated rings. The largest absolute Gasteiger partial charge is 0.383 e. The number of methoxy groups -OCH3 is 1. The van der Waals surface area contributed by atoms with E-state index in [0.717, 1.165) is 16.5 Å². The van der Waals surface area contributed by atoms with E-state index in [9.17, 15) is 9.59 Å². The fraction of sp³-hybridized carbons (Fsp3) is 0.353. The smallest absolute Gasteiger partial charge is 0.272 e. The first-order valence-electron chi connectivity index (χ1n) is 7.68. The fourth-order valence-corrected chi connectivity index (χ4v) is 2.52. The summed E-state index contributed by atoms with van der Waals surface area (Å²) >= 11 is 3.40. The number of hydrogen-bond donors (Lipinski definition) is 1. The van der Waals surface area contributed by atoms with Crippen molar-refractivity contribution >= 4 is 21.8 Å². The van der Waals surface area contributed by atoms with Gasteiger partial charge in [0, 0.05) is 17.6 Å². The molecule has 6 nitrogen and oxygen atoms in total. The van der Waals surface area contributed by atoms with Crippen LogP contribution in [0, 0.1) is 0 Å². The lowest BCUT2D eigenvalue weighted by atomic mass is 10.0. The summed E-state index contributed by atoms with van der Waals surface area (Å²) in [5, 5.41) is 7.07. The van der Waals surface area contributed by atoms with Gasteiger partial charge in [0.1, 0.15) is 5.69 Å². The lowest BCUT2D eigenvalue weighted by Crippen LogP contribution is -2.32. The third kappa shape index (κ3) is 4.75. The van der Waals surface area contributed by atoms with Crippen LogP contribution in [0.5, 0.6) is 0 Å². The van der Waals surface area contributed by atoms with Gasteiger partial charge < -0.3 is 10.1 Å². The van der Waals surface area contributed by atoms with Gasteiger partial charge in [-0.05, 0) is 30.2 Å². The summed E-state index contributed by atoms with van der Waals surface area (Å²) < 4.78 is 7.17. The third-order valence-electron chi connectivity index (χ3n) is 3.59. The molecule has 0 saturated heterocycles. The van der Waals surface area contributed by atoms with Gasteiger partial charge in [-0.1, -0.05) is 35.0 Å². The summed E-state index contributed by atoms with van der Waals surface area (Å²) in [5.74, 6) is -0.309. The van der Waals surface area contributed by atoms with E-state index in [2.05, 4.69) is 26.3 Å². The van der Waals surface area contributed by atoms with Crippen LogP contribution in [0.4, 0.5) is 0 Å². The van der Waals surface area contributed by atoms with Gasteiger partial charge in [0.15, 0.2) is 0 Å². The van der Waals surface area contributed by atoms with Crippen molar-refractivity contribution < 1.29 is 9.53 Å². The van der Waals surface area contributed by atoms with Crippen molar-refractivity contribution in [3.05, 3.63) is 62.5 Å². The topological polar surface area (TPSA) is 73.2 Å². The fourth-order valence-electron chi connectivity index (χ4n) is 2.26. The lowest BCUT2D eigenvalue weighted by molar-refractivity contribution is 0.0926. The Labute approximate surface area is 149 Å². The number of carbonyl (C=O) groups excluding carboxylic acids is 1. The Bertz CT molecular complexity index is 743. The molecule has 2 rings (SSSR count). The van der Waals surface area contributed by atoms with E-state index in [1.807, 2.05) is 31.2 Å². The number of ether oxygens (including phenoxy) is 1. The third-order valence-corrected chi connectivity index (χ3v) is 4.12. The Balaban J connectivity index is 2.15. The van der Waals surface area contributed by atoms with E-state index in [0.29, 0.717) is 13.2 Å². The zero-order valence-electron chi connectivity index (χ0n) is 13.7. The highest BCUT2D eigenvalue weighted by Crippen LogP contribution is 2.19. The molecule has 7 heteroatoms. The first-order chi connectivity index (χ1) is 11.5. The standard InChI is InChI=1S/C17H20BrN3O3/c1-3-14(12-4-6-13(18)7-5-12)19-17(23)15-8-9-16(22)21(20-15)10-11-24-2/h4-9,14H,3,10-11H2,1-2H3,(H,19,23). The number of nitrogens with zero attached hydrogens (tertiary/aromatic N) is 2. The van der Waals surface area contributed by atoms with Crippen LogP contribution in [0.15, 0.2) is 45.7 Å². The molecule has 0 aliphatic carbocycles. The normalized spacial score (nSPS) is 12.0. The van der Waals surface area contributed by atoms with Crippen molar-refractivity contribution in [2.24, 2.45) is 0 Å². The quantitative estimate of drug-likeness (QED) is 0.784. The first-order valence-corrected chi connectivity index (χ1v) is 8.48. The molecule has 0 bridgehead atoms. The Morgan fingerprint density at radius 1 is 1.29 bits per heavy atom. The van der Waals surface area contributed by atoms with Crippen LogP contribution in [0.25, 0.3) is 0 Å². The van der Waals surface area contributed by atoms with Crippen molar-refractivity contribution in [1.29, 1.82) is 0 Å². The summed E-state index contributed by atoms with van der Waals surface area (Å²) in [7, 11) is 1.55. The second-order valence-electron chi connectivity index (χ2n) is 5.26. The zero-order valence-corrected chi connectivity index (χ0v) is 15.2. The molecule has 24 heavy (non-hydrogen) atoms. The summed E-state index contributed by atoms with van der Waals surface area (Å²) in [5.41, 5.74) is 0.964. The second kappa shape index (κ2) is 8.75. The van der Waals surface area contributed by atoms with Crippen LogP contribution in [0.1, 0.15) is 35.4 Å². The molecule has 0 saturated carbocycles. The molecule has 0 radical (unpaired) electrons. The van der Waals surface area contributed by atoms with Crippen LogP contribution >= 0.6 is 15.9 Å². The van der Waals surface area contributed by atoms with Gasteiger partial charge in [-0.3, -0.25) is 9.59 Å². The van der Waals surface area contributed by atoms with E-state index in [1.165, 1.54) is 16.8 Å². The van der Waals surface area contributed by atoms with Crippen LogP contribution in [-0.2, 0) is 11.3 Å². The molecule has 1 unspecified atom stereocenters. The highest BCUT2D eigenvalue weighted by Gasteiger charge is 2.16. The van der Waals surface area contributed by atoms with Crippen molar-refractivity contribution in [2.75, 3.05) is 13.7 Å². The molecule has 0 aliphatic rings. The van der Waals surface area contributed by atoms with E-state index in [4.69, 9.17) is 4.74 Å². The molecule has 1 N–H and O–H groups in total. The number of nitrogens with one attached hydrogen (secondary N) is 1. The summed E-state index contributed by atoms with van der Waals surface area (Å²) in [4.78, 5) is 24.2. The number of aromatic nitrogens is 2. The first kappa shape index (κ1) is 18.4. The number of hydrogen-bond acceptors (Lipinski definition) is 4. The van der Waals surface area contributed by atoms with Gasteiger partial charge in [-0.2, -0.15) is 5.10 Å². The molecule has 0 aliphatic heterocycles. The second-order valence-corrected chi connectivity index (χ2v) is 6.17. The number of halogens is 1. The predicted octanol–water partition coefficient (Wildman–Crippen LogP) is 2.53. The lowest BCUT2D eigenvalue weighted by Gasteiger charge is -2.17. The van der Waals surface area contributed by atoms with Crippen molar-refractivity contribution in [3.8, 4) is 0 Å². The molecular formula is C17H20BrN3O3. The Morgan fingerprint density at radius 3 is 2.62 bits per heavy atom. The van der Waals surface area contributed by atoms with Gasteiger partial charge in [0.2, 0.25) is 0 Å². The van der Waals surface area contributed by atoms with Crippen LogP contribution in [0.3, 0.4) is 0 Å². The molecule has 1 amide bonds. The van der Waals surface area contributed by atoms with E-state index in [-0.39, 0.29) is 23.2 Å². The van der Waals surface area contributed by atoms with Crippen LogP contribution in [0.2, 0.25) is 0 Å². The van der Waals surface area contributed by atoms with Crippen LogP contribution < -0.4 is 10.9 Å². The maximum absolute atomic E-state index is 12.5. The van der Waals surface area contributed by atoms with Gasteiger partial charge in [-0.15, -0.1) is 0 Å².